The molecule has 1 unspecified atom stereocenters. The molecule has 6 nitrogen and oxygen atoms in total. The van der Waals surface area contributed by atoms with E-state index in [4.69, 9.17) is 9.84 Å². The third-order valence-corrected chi connectivity index (χ3v) is 4.23. The number of carboxylic acid groups (broad SMARTS) is 1. The molecule has 1 aromatic rings. The minimum Gasteiger partial charge on any atom is -0.465 e. The molecule has 2 saturated heterocycles. The molecule has 0 aromatic carbocycles. The van der Waals surface area contributed by atoms with Gasteiger partial charge >= 0.3 is 6.09 Å². The van der Waals surface area contributed by atoms with Gasteiger partial charge in [0.1, 0.15) is 0 Å². The predicted molar refractivity (Wildman–Crippen MR) is 74.2 cm³/mol. The average molecular weight is 277 g/mol. The SMILES string of the molecule is COCC1CCN1c1ccncc1C1CN(C(=O)O)C1. The fourth-order valence-electron chi connectivity index (χ4n) is 2.93. The Morgan fingerprint density at radius 3 is 2.95 bits per heavy atom. The lowest BCUT2D eigenvalue weighted by atomic mass is 9.90. The van der Waals surface area contributed by atoms with E-state index in [-0.39, 0.29) is 5.92 Å². The second kappa shape index (κ2) is 5.28. The van der Waals surface area contributed by atoms with E-state index in [1.165, 1.54) is 10.6 Å². The second-order valence-corrected chi connectivity index (χ2v) is 5.41. The van der Waals surface area contributed by atoms with Crippen molar-refractivity contribution >= 4 is 11.8 Å². The summed E-state index contributed by atoms with van der Waals surface area (Å²) in [5, 5.41) is 8.93. The molecule has 1 N–H and O–H groups in total. The summed E-state index contributed by atoms with van der Waals surface area (Å²) in [4.78, 5) is 18.8. The number of aromatic nitrogens is 1. The third-order valence-electron chi connectivity index (χ3n) is 4.23. The molecule has 0 radical (unpaired) electrons. The van der Waals surface area contributed by atoms with Gasteiger partial charge < -0.3 is 19.6 Å². The van der Waals surface area contributed by atoms with Gasteiger partial charge in [0.05, 0.1) is 12.6 Å². The summed E-state index contributed by atoms with van der Waals surface area (Å²) in [7, 11) is 1.72. The molecule has 2 aliphatic heterocycles. The molecule has 2 fully saturated rings. The van der Waals surface area contributed by atoms with Crippen LogP contribution < -0.4 is 4.90 Å². The van der Waals surface area contributed by atoms with Crippen molar-refractivity contribution in [2.45, 2.75) is 18.4 Å². The highest BCUT2D eigenvalue weighted by atomic mass is 16.5. The summed E-state index contributed by atoms with van der Waals surface area (Å²) >= 11 is 0. The molecule has 0 aliphatic carbocycles. The lowest BCUT2D eigenvalue weighted by Crippen LogP contribution is -2.52. The number of hydrogen-bond acceptors (Lipinski definition) is 4. The van der Waals surface area contributed by atoms with Crippen LogP contribution in [0.5, 0.6) is 0 Å². The van der Waals surface area contributed by atoms with Gasteiger partial charge in [-0.3, -0.25) is 4.98 Å². The molecule has 1 amide bonds. The Kier molecular flexibility index (Phi) is 3.48. The van der Waals surface area contributed by atoms with Gasteiger partial charge in [0, 0.05) is 56.3 Å². The Labute approximate surface area is 118 Å². The molecule has 0 spiro atoms. The standard InChI is InChI=1S/C14H19N3O3/c1-20-9-11-3-5-17(11)13-2-4-15-6-12(13)10-7-16(8-10)14(18)19/h2,4,6,10-11H,3,5,7-9H2,1H3,(H,18,19). The van der Waals surface area contributed by atoms with Crippen molar-refractivity contribution in [3.05, 3.63) is 24.0 Å². The van der Waals surface area contributed by atoms with Crippen molar-refractivity contribution in [1.82, 2.24) is 9.88 Å². The fourth-order valence-corrected chi connectivity index (χ4v) is 2.93. The van der Waals surface area contributed by atoms with Crippen molar-refractivity contribution in [2.24, 2.45) is 0 Å². The van der Waals surface area contributed by atoms with Crippen molar-refractivity contribution in [3.63, 3.8) is 0 Å². The number of amides is 1. The minimum atomic E-state index is -0.840. The van der Waals surface area contributed by atoms with Crippen molar-refractivity contribution in [2.75, 3.05) is 38.3 Å². The number of methoxy groups -OCH3 is 1. The van der Waals surface area contributed by atoms with Crippen LogP contribution in [0.25, 0.3) is 0 Å². The number of ether oxygens (including phenoxy) is 1. The van der Waals surface area contributed by atoms with Crippen molar-refractivity contribution in [3.8, 4) is 0 Å². The van der Waals surface area contributed by atoms with E-state index in [1.807, 2.05) is 12.3 Å². The van der Waals surface area contributed by atoms with Gasteiger partial charge in [-0.25, -0.2) is 4.79 Å². The molecule has 1 atom stereocenters. The number of anilines is 1. The Hall–Kier alpha value is -1.82. The number of carbonyl (C=O) groups is 1. The topological polar surface area (TPSA) is 65.9 Å². The molecule has 3 heterocycles. The fraction of sp³-hybridized carbons (Fsp3) is 0.571. The largest absolute Gasteiger partial charge is 0.465 e. The van der Waals surface area contributed by atoms with Crippen molar-refractivity contribution in [1.29, 1.82) is 0 Å². The first-order valence-corrected chi connectivity index (χ1v) is 6.88. The molecule has 0 bridgehead atoms. The maximum absolute atomic E-state index is 10.9. The number of rotatable bonds is 4. The summed E-state index contributed by atoms with van der Waals surface area (Å²) in [6, 6.07) is 2.46. The van der Waals surface area contributed by atoms with E-state index in [0.717, 1.165) is 25.1 Å². The Morgan fingerprint density at radius 2 is 2.35 bits per heavy atom. The van der Waals surface area contributed by atoms with E-state index < -0.39 is 6.09 Å². The maximum atomic E-state index is 10.9. The molecule has 6 heteroatoms. The molecule has 0 saturated carbocycles. The third kappa shape index (κ3) is 2.20. The summed E-state index contributed by atoms with van der Waals surface area (Å²) in [5.74, 6) is 0.263. The molecular formula is C14H19N3O3. The molecule has 3 rings (SSSR count). The second-order valence-electron chi connectivity index (χ2n) is 5.41. The Balaban J connectivity index is 1.74. The normalized spacial score (nSPS) is 22.4. The van der Waals surface area contributed by atoms with Crippen LogP contribution in [0.2, 0.25) is 0 Å². The van der Waals surface area contributed by atoms with Gasteiger partial charge in [-0.05, 0) is 12.5 Å². The smallest absolute Gasteiger partial charge is 0.407 e. The van der Waals surface area contributed by atoms with E-state index in [0.29, 0.717) is 19.1 Å². The highest BCUT2D eigenvalue weighted by Crippen LogP contribution is 2.37. The van der Waals surface area contributed by atoms with E-state index in [1.54, 1.807) is 13.3 Å². The quantitative estimate of drug-likeness (QED) is 0.900. The van der Waals surface area contributed by atoms with E-state index in [9.17, 15) is 4.79 Å². The monoisotopic (exact) mass is 277 g/mol. The van der Waals surface area contributed by atoms with Crippen LogP contribution in [0.3, 0.4) is 0 Å². The van der Waals surface area contributed by atoms with Crippen LogP contribution in [-0.2, 0) is 4.74 Å². The van der Waals surface area contributed by atoms with Crippen LogP contribution in [0.4, 0.5) is 10.5 Å². The molecule has 20 heavy (non-hydrogen) atoms. The number of pyridine rings is 1. The summed E-state index contributed by atoms with van der Waals surface area (Å²) < 4.78 is 5.24. The Morgan fingerprint density at radius 1 is 1.55 bits per heavy atom. The van der Waals surface area contributed by atoms with Gasteiger partial charge in [0.2, 0.25) is 0 Å². The van der Waals surface area contributed by atoms with Gasteiger partial charge in [0.15, 0.2) is 0 Å². The number of nitrogens with zero attached hydrogens (tertiary/aromatic N) is 3. The summed E-state index contributed by atoms with van der Waals surface area (Å²) in [5.41, 5.74) is 2.34. The van der Waals surface area contributed by atoms with Gasteiger partial charge in [-0.15, -0.1) is 0 Å². The first-order chi connectivity index (χ1) is 9.70. The average Bonchev–Trinajstić information content (AvgIpc) is 2.34. The van der Waals surface area contributed by atoms with Crippen LogP contribution >= 0.6 is 0 Å². The number of likely N-dealkylation sites (tertiary alicyclic amines) is 1. The minimum absolute atomic E-state index is 0.263. The molecular weight excluding hydrogens is 258 g/mol. The van der Waals surface area contributed by atoms with Gasteiger partial charge in [0.25, 0.3) is 0 Å². The molecule has 1 aromatic heterocycles. The van der Waals surface area contributed by atoms with Crippen LogP contribution in [0, 0.1) is 0 Å². The van der Waals surface area contributed by atoms with E-state index >= 15 is 0 Å². The van der Waals surface area contributed by atoms with E-state index in [2.05, 4.69) is 9.88 Å². The lowest BCUT2D eigenvalue weighted by molar-refractivity contribution is 0.105. The first-order valence-electron chi connectivity index (χ1n) is 6.88. The zero-order valence-electron chi connectivity index (χ0n) is 11.5. The zero-order chi connectivity index (χ0) is 14.1. The maximum Gasteiger partial charge on any atom is 0.407 e. The first kappa shape index (κ1) is 13.2. The summed E-state index contributed by atoms with van der Waals surface area (Å²) in [6.07, 6.45) is 3.98. The van der Waals surface area contributed by atoms with Crippen LogP contribution in [0.1, 0.15) is 17.9 Å². The lowest BCUT2D eigenvalue weighted by Gasteiger charge is -2.45. The van der Waals surface area contributed by atoms with Crippen LogP contribution in [-0.4, -0.2) is 60.5 Å². The molecule has 108 valence electrons. The van der Waals surface area contributed by atoms with Gasteiger partial charge in [-0.2, -0.15) is 0 Å². The van der Waals surface area contributed by atoms with Crippen LogP contribution in [0.15, 0.2) is 18.5 Å². The van der Waals surface area contributed by atoms with Crippen molar-refractivity contribution < 1.29 is 14.6 Å². The predicted octanol–water partition coefficient (Wildman–Crippen LogP) is 1.38. The number of hydrogen-bond donors (Lipinski definition) is 1. The molecule has 2 aliphatic rings. The zero-order valence-corrected chi connectivity index (χ0v) is 11.5. The van der Waals surface area contributed by atoms with Gasteiger partial charge in [-0.1, -0.05) is 0 Å². The highest BCUT2D eigenvalue weighted by molar-refractivity contribution is 5.67. The summed E-state index contributed by atoms with van der Waals surface area (Å²) in [6.45, 7) is 2.89. The Bertz CT molecular complexity index is 502. The highest BCUT2D eigenvalue weighted by Gasteiger charge is 2.36.